The van der Waals surface area contributed by atoms with Crippen molar-refractivity contribution >= 4 is 11.6 Å². The van der Waals surface area contributed by atoms with Gasteiger partial charge in [0.25, 0.3) is 5.91 Å². The SMILES string of the molecule is Cc1cc(C#CCN)cc(C(=O)N(C)c2cccnc2)c1. The molecule has 0 aliphatic heterocycles. The number of aryl methyl sites for hydroxylation is 1. The molecule has 0 bridgehead atoms. The Morgan fingerprint density at radius 1 is 1.38 bits per heavy atom. The summed E-state index contributed by atoms with van der Waals surface area (Å²) in [4.78, 5) is 18.1. The zero-order chi connectivity index (χ0) is 15.2. The Morgan fingerprint density at radius 2 is 2.19 bits per heavy atom. The maximum Gasteiger partial charge on any atom is 0.258 e. The molecular weight excluding hydrogens is 262 g/mol. The smallest absolute Gasteiger partial charge is 0.258 e. The summed E-state index contributed by atoms with van der Waals surface area (Å²) in [5.41, 5.74) is 8.51. The Morgan fingerprint density at radius 3 is 2.86 bits per heavy atom. The highest BCUT2D eigenvalue weighted by Crippen LogP contribution is 2.16. The minimum Gasteiger partial charge on any atom is -0.320 e. The van der Waals surface area contributed by atoms with Crippen LogP contribution in [-0.2, 0) is 0 Å². The number of aromatic nitrogens is 1. The summed E-state index contributed by atoms with van der Waals surface area (Å²) in [6.45, 7) is 2.24. The van der Waals surface area contributed by atoms with Crippen molar-refractivity contribution in [2.24, 2.45) is 5.73 Å². The number of carbonyl (C=O) groups is 1. The molecule has 2 N–H and O–H groups in total. The van der Waals surface area contributed by atoms with Gasteiger partial charge >= 0.3 is 0 Å². The van der Waals surface area contributed by atoms with Crippen LogP contribution >= 0.6 is 0 Å². The largest absolute Gasteiger partial charge is 0.320 e. The van der Waals surface area contributed by atoms with Gasteiger partial charge in [-0.15, -0.1) is 0 Å². The van der Waals surface area contributed by atoms with Crippen LogP contribution in [0.4, 0.5) is 5.69 Å². The summed E-state index contributed by atoms with van der Waals surface area (Å²) in [5.74, 6) is 5.67. The van der Waals surface area contributed by atoms with Crippen LogP contribution in [0.3, 0.4) is 0 Å². The lowest BCUT2D eigenvalue weighted by atomic mass is 10.1. The fourth-order valence-corrected chi connectivity index (χ4v) is 1.99. The Labute approximate surface area is 124 Å². The fourth-order valence-electron chi connectivity index (χ4n) is 1.99. The maximum absolute atomic E-state index is 12.5. The Bertz CT molecular complexity index is 699. The Balaban J connectivity index is 2.33. The lowest BCUT2D eigenvalue weighted by molar-refractivity contribution is 0.0993. The minimum atomic E-state index is -0.0949. The molecule has 0 fully saturated rings. The van der Waals surface area contributed by atoms with E-state index in [9.17, 15) is 4.79 Å². The van der Waals surface area contributed by atoms with E-state index in [1.54, 1.807) is 36.5 Å². The molecule has 0 atom stereocenters. The molecule has 4 nitrogen and oxygen atoms in total. The van der Waals surface area contributed by atoms with Gasteiger partial charge < -0.3 is 10.6 Å². The van der Waals surface area contributed by atoms with Gasteiger partial charge in [-0.1, -0.05) is 11.8 Å². The van der Waals surface area contributed by atoms with Gasteiger partial charge in [-0.25, -0.2) is 0 Å². The van der Waals surface area contributed by atoms with Crippen LogP contribution in [0.2, 0.25) is 0 Å². The minimum absolute atomic E-state index is 0.0949. The quantitative estimate of drug-likeness (QED) is 0.855. The highest BCUT2D eigenvalue weighted by Gasteiger charge is 2.14. The van der Waals surface area contributed by atoms with Crippen LogP contribution in [0.5, 0.6) is 0 Å². The first kappa shape index (κ1) is 14.8. The molecule has 2 aromatic rings. The van der Waals surface area contributed by atoms with Crippen LogP contribution < -0.4 is 10.6 Å². The van der Waals surface area contributed by atoms with Crippen LogP contribution in [0, 0.1) is 18.8 Å². The third-order valence-electron chi connectivity index (χ3n) is 3.00. The van der Waals surface area contributed by atoms with Crippen LogP contribution in [0.25, 0.3) is 0 Å². The standard InChI is InChI=1S/C17H17N3O/c1-13-9-14(5-3-7-18)11-15(10-13)17(21)20(2)16-6-4-8-19-12-16/h4,6,8-12H,7,18H2,1-2H3. The first-order valence-electron chi connectivity index (χ1n) is 6.60. The van der Waals surface area contributed by atoms with Crippen LogP contribution in [-0.4, -0.2) is 24.5 Å². The van der Waals surface area contributed by atoms with E-state index in [0.29, 0.717) is 12.1 Å². The van der Waals surface area contributed by atoms with Crippen molar-refractivity contribution < 1.29 is 4.79 Å². The molecule has 4 heteroatoms. The van der Waals surface area contributed by atoms with Gasteiger partial charge in [0.05, 0.1) is 18.4 Å². The third kappa shape index (κ3) is 3.68. The second-order valence-electron chi connectivity index (χ2n) is 4.67. The second-order valence-corrected chi connectivity index (χ2v) is 4.67. The molecule has 0 aliphatic rings. The average molecular weight is 279 g/mol. The lowest BCUT2D eigenvalue weighted by Gasteiger charge is -2.17. The van der Waals surface area contributed by atoms with Crippen molar-refractivity contribution in [1.82, 2.24) is 4.98 Å². The van der Waals surface area contributed by atoms with Crippen LogP contribution in [0.15, 0.2) is 42.7 Å². The molecule has 0 saturated heterocycles. The normalized spacial score (nSPS) is 9.67. The molecule has 1 aromatic heterocycles. The van der Waals surface area contributed by atoms with E-state index in [1.165, 1.54) is 0 Å². The summed E-state index contributed by atoms with van der Waals surface area (Å²) in [5, 5.41) is 0. The third-order valence-corrected chi connectivity index (χ3v) is 3.00. The summed E-state index contributed by atoms with van der Waals surface area (Å²) in [7, 11) is 1.73. The predicted octanol–water partition coefficient (Wildman–Crippen LogP) is 1.98. The van der Waals surface area contributed by atoms with E-state index in [2.05, 4.69) is 16.8 Å². The fraction of sp³-hybridized carbons (Fsp3) is 0.176. The molecule has 1 amide bonds. The molecule has 0 radical (unpaired) electrons. The van der Waals surface area contributed by atoms with Crippen molar-refractivity contribution in [3.05, 3.63) is 59.4 Å². The van der Waals surface area contributed by atoms with Gasteiger partial charge in [0.15, 0.2) is 0 Å². The summed E-state index contributed by atoms with van der Waals surface area (Å²) >= 11 is 0. The van der Waals surface area contributed by atoms with Crippen molar-refractivity contribution in [2.45, 2.75) is 6.92 Å². The molecule has 0 spiro atoms. The van der Waals surface area contributed by atoms with E-state index >= 15 is 0 Å². The second kappa shape index (κ2) is 6.69. The van der Waals surface area contributed by atoms with Crippen LogP contribution in [0.1, 0.15) is 21.5 Å². The number of hydrogen-bond donors (Lipinski definition) is 1. The molecule has 2 rings (SSSR count). The Hall–Kier alpha value is -2.64. The van der Waals surface area contributed by atoms with E-state index < -0.39 is 0 Å². The predicted molar refractivity (Wildman–Crippen MR) is 84.1 cm³/mol. The first-order chi connectivity index (χ1) is 10.1. The number of hydrogen-bond acceptors (Lipinski definition) is 3. The number of anilines is 1. The number of rotatable bonds is 2. The lowest BCUT2D eigenvalue weighted by Crippen LogP contribution is -2.26. The number of nitrogens with zero attached hydrogens (tertiary/aromatic N) is 2. The summed E-state index contributed by atoms with van der Waals surface area (Å²) in [6, 6.07) is 9.21. The van der Waals surface area contributed by atoms with Crippen molar-refractivity contribution in [2.75, 3.05) is 18.5 Å². The molecule has 21 heavy (non-hydrogen) atoms. The summed E-state index contributed by atoms with van der Waals surface area (Å²) < 4.78 is 0. The Kier molecular flexibility index (Phi) is 4.70. The van der Waals surface area contributed by atoms with E-state index in [-0.39, 0.29) is 5.91 Å². The number of pyridine rings is 1. The highest BCUT2D eigenvalue weighted by molar-refractivity contribution is 6.05. The summed E-state index contributed by atoms with van der Waals surface area (Å²) in [6.07, 6.45) is 3.33. The van der Waals surface area contributed by atoms with E-state index in [0.717, 1.165) is 16.8 Å². The monoisotopic (exact) mass is 279 g/mol. The molecular formula is C17H17N3O. The van der Waals surface area contributed by atoms with Crippen molar-refractivity contribution in [3.63, 3.8) is 0 Å². The van der Waals surface area contributed by atoms with Gasteiger partial charge in [0, 0.05) is 24.4 Å². The van der Waals surface area contributed by atoms with Gasteiger partial charge in [-0.05, 0) is 42.8 Å². The van der Waals surface area contributed by atoms with Gasteiger partial charge in [-0.2, -0.15) is 0 Å². The number of carbonyl (C=O) groups excluding carboxylic acids is 1. The van der Waals surface area contributed by atoms with E-state index in [4.69, 9.17) is 5.73 Å². The van der Waals surface area contributed by atoms with Gasteiger partial charge in [0.2, 0.25) is 0 Å². The topological polar surface area (TPSA) is 59.2 Å². The molecule has 106 valence electrons. The highest BCUT2D eigenvalue weighted by atomic mass is 16.2. The number of amides is 1. The molecule has 1 aromatic carbocycles. The molecule has 0 aliphatic carbocycles. The van der Waals surface area contributed by atoms with Crippen molar-refractivity contribution in [3.8, 4) is 11.8 Å². The zero-order valence-corrected chi connectivity index (χ0v) is 12.1. The average Bonchev–Trinajstić information content (AvgIpc) is 2.51. The van der Waals surface area contributed by atoms with Crippen molar-refractivity contribution in [1.29, 1.82) is 0 Å². The zero-order valence-electron chi connectivity index (χ0n) is 12.1. The number of nitrogens with two attached hydrogens (primary N) is 1. The maximum atomic E-state index is 12.5. The van der Waals surface area contributed by atoms with Gasteiger partial charge in [0.1, 0.15) is 0 Å². The number of benzene rings is 1. The molecule has 1 heterocycles. The molecule has 0 unspecified atom stereocenters. The molecule has 0 saturated carbocycles. The first-order valence-corrected chi connectivity index (χ1v) is 6.60. The van der Waals surface area contributed by atoms with E-state index in [1.807, 2.05) is 25.1 Å². The van der Waals surface area contributed by atoms with Gasteiger partial charge in [-0.3, -0.25) is 9.78 Å².